The molecule has 1 amide bonds. The number of nitrogens with zero attached hydrogens (tertiary/aromatic N) is 3. The Hall–Kier alpha value is -3.33. The fourth-order valence-corrected chi connectivity index (χ4v) is 5.00. The first kappa shape index (κ1) is 18.4. The lowest BCUT2D eigenvalue weighted by molar-refractivity contribution is -0.105. The number of nitrogens with two attached hydrogens (primary N) is 1. The van der Waals surface area contributed by atoms with Gasteiger partial charge in [-0.3, -0.25) is 4.79 Å². The van der Waals surface area contributed by atoms with Crippen LogP contribution in [0.4, 0.5) is 16.5 Å². The number of fused-ring (bicyclic) bond motifs is 1. The summed E-state index contributed by atoms with van der Waals surface area (Å²) < 4.78 is 9.32. The second kappa shape index (κ2) is 7.12. The molecule has 2 aromatic carbocycles. The van der Waals surface area contributed by atoms with E-state index in [9.17, 15) is 4.79 Å². The monoisotopic (exact) mass is 434 g/mol. The number of aryl methyl sites for hydroxylation is 1. The summed E-state index contributed by atoms with van der Waals surface area (Å²) >= 11 is 1.47. The van der Waals surface area contributed by atoms with E-state index in [0.29, 0.717) is 29.8 Å². The quantitative estimate of drug-likeness (QED) is 0.395. The number of hydrogen-bond acceptors (Lipinski definition) is 7. The summed E-state index contributed by atoms with van der Waals surface area (Å²) in [6, 6.07) is 8.08. The molecule has 1 fully saturated rings. The van der Waals surface area contributed by atoms with Crippen molar-refractivity contribution in [3.63, 3.8) is 0 Å². The summed E-state index contributed by atoms with van der Waals surface area (Å²) in [5.41, 5.74) is 11.0. The molecule has 4 aromatic rings. The summed E-state index contributed by atoms with van der Waals surface area (Å²) in [6.45, 7) is 2.32. The maximum atomic E-state index is 11.4. The van der Waals surface area contributed by atoms with Crippen LogP contribution in [0.1, 0.15) is 19.3 Å². The van der Waals surface area contributed by atoms with E-state index in [0.717, 1.165) is 63.6 Å². The largest absolute Gasteiger partial charge is 0.491 e. The second-order valence-corrected chi connectivity index (χ2v) is 9.17. The van der Waals surface area contributed by atoms with Crippen LogP contribution in [-0.4, -0.2) is 34.1 Å². The zero-order chi connectivity index (χ0) is 20.9. The van der Waals surface area contributed by atoms with Crippen molar-refractivity contribution in [3.8, 4) is 17.1 Å². The summed E-state index contributed by atoms with van der Waals surface area (Å²) in [5, 5.41) is 6.93. The Morgan fingerprint density at radius 3 is 3.03 bits per heavy atom. The van der Waals surface area contributed by atoms with Crippen molar-refractivity contribution < 1.29 is 9.53 Å². The van der Waals surface area contributed by atoms with Gasteiger partial charge in [0.15, 0.2) is 5.13 Å². The molecule has 0 spiro atoms. The Bertz CT molecular complexity index is 1320. The molecule has 1 saturated carbocycles. The highest BCUT2D eigenvalue weighted by Gasteiger charge is 2.26. The maximum absolute atomic E-state index is 11.4. The van der Waals surface area contributed by atoms with E-state index in [1.165, 1.54) is 24.2 Å². The van der Waals surface area contributed by atoms with Crippen molar-refractivity contribution in [2.45, 2.75) is 25.8 Å². The fourth-order valence-electron chi connectivity index (χ4n) is 4.23. The number of thiazole rings is 1. The third-order valence-corrected chi connectivity index (χ3v) is 6.76. The Kier molecular flexibility index (Phi) is 4.24. The topological polar surface area (TPSA) is 107 Å². The van der Waals surface area contributed by atoms with Gasteiger partial charge in [0, 0.05) is 24.7 Å². The van der Waals surface area contributed by atoms with Gasteiger partial charge in [-0.25, -0.2) is 9.97 Å². The molecule has 8 nitrogen and oxygen atoms in total. The number of nitrogens with one attached hydrogen (secondary N) is 2. The van der Waals surface area contributed by atoms with Crippen molar-refractivity contribution in [2.75, 3.05) is 29.5 Å². The fraction of sp³-hybridized carbons (Fsp3) is 0.318. The molecule has 0 bridgehead atoms. The van der Waals surface area contributed by atoms with Gasteiger partial charge in [-0.1, -0.05) is 11.3 Å². The summed E-state index contributed by atoms with van der Waals surface area (Å²) in [4.78, 5) is 20.8. The number of nitrogen functional groups attached to an aromatic ring is 1. The van der Waals surface area contributed by atoms with E-state index < -0.39 is 0 Å². The zero-order valence-corrected chi connectivity index (χ0v) is 17.7. The number of hydrogen-bond donors (Lipinski definition) is 3. The van der Waals surface area contributed by atoms with Crippen LogP contribution in [0.5, 0.6) is 5.75 Å². The van der Waals surface area contributed by atoms with E-state index in [1.54, 1.807) is 0 Å². The molecule has 4 N–H and O–H groups in total. The van der Waals surface area contributed by atoms with Crippen LogP contribution >= 0.6 is 11.3 Å². The van der Waals surface area contributed by atoms with E-state index >= 15 is 0 Å². The molecule has 0 atom stereocenters. The summed E-state index contributed by atoms with van der Waals surface area (Å²) in [6.07, 6.45) is 4.09. The van der Waals surface area contributed by atoms with Gasteiger partial charge in [-0.15, -0.1) is 0 Å². The van der Waals surface area contributed by atoms with Gasteiger partial charge < -0.3 is 25.7 Å². The van der Waals surface area contributed by atoms with Crippen molar-refractivity contribution in [1.82, 2.24) is 14.5 Å². The van der Waals surface area contributed by atoms with E-state index in [1.807, 2.05) is 18.2 Å². The molecule has 3 heterocycles. The Morgan fingerprint density at radius 1 is 1.29 bits per heavy atom. The van der Waals surface area contributed by atoms with E-state index in [4.69, 9.17) is 15.5 Å². The number of benzene rings is 2. The molecule has 31 heavy (non-hydrogen) atoms. The predicted octanol–water partition coefficient (Wildman–Crippen LogP) is 4.07. The number of imidazole rings is 1. The predicted molar refractivity (Wildman–Crippen MR) is 124 cm³/mol. The lowest BCUT2D eigenvalue weighted by atomic mass is 10.2. The van der Waals surface area contributed by atoms with Crippen LogP contribution in [0.3, 0.4) is 0 Å². The number of aromatic nitrogens is 3. The highest BCUT2D eigenvalue weighted by Crippen LogP contribution is 2.42. The number of rotatable bonds is 6. The molecular weight excluding hydrogens is 412 g/mol. The summed E-state index contributed by atoms with van der Waals surface area (Å²) in [5.74, 6) is 2.35. The lowest BCUT2D eigenvalue weighted by Gasteiger charge is -2.14. The molecule has 1 aliphatic heterocycles. The number of amides is 1. The maximum Gasteiger partial charge on any atom is 0.211 e. The molecular formula is C22H22N6O2S. The van der Waals surface area contributed by atoms with Crippen LogP contribution in [0, 0.1) is 5.92 Å². The van der Waals surface area contributed by atoms with E-state index in [2.05, 4.69) is 26.3 Å². The minimum Gasteiger partial charge on any atom is -0.491 e. The number of carbonyl (C=O) groups excluding carboxylic acids is 1. The van der Waals surface area contributed by atoms with Gasteiger partial charge in [0.2, 0.25) is 6.41 Å². The highest BCUT2D eigenvalue weighted by molar-refractivity contribution is 7.22. The van der Waals surface area contributed by atoms with E-state index in [-0.39, 0.29) is 0 Å². The zero-order valence-electron chi connectivity index (χ0n) is 16.9. The standard InChI is InChI=1S/C22H22N6O2S/c23-22-26-14-5-4-13(8-17(14)31-22)21-27-19-18(25-11-29)15(24-10-12-2-3-12)9-16-20(19)28(21)6-1-7-30-16/h4-5,8-9,11-12,24H,1-3,6-7,10H2,(H2,23,26)(H,25,29). The molecule has 9 heteroatoms. The van der Waals surface area contributed by atoms with Crippen LogP contribution in [-0.2, 0) is 11.3 Å². The SMILES string of the molecule is Nc1nc2ccc(-c3nc4c(NC=O)c(NCC5CC5)cc5c4n3CCCO5)cc2s1. The van der Waals surface area contributed by atoms with Crippen LogP contribution in [0.25, 0.3) is 32.6 Å². The number of carbonyl (C=O) groups is 1. The smallest absolute Gasteiger partial charge is 0.211 e. The average Bonchev–Trinajstić information content (AvgIpc) is 3.45. The molecule has 0 radical (unpaired) electrons. The number of ether oxygens (including phenoxy) is 1. The van der Waals surface area contributed by atoms with Crippen LogP contribution in [0.2, 0.25) is 0 Å². The van der Waals surface area contributed by atoms with Gasteiger partial charge >= 0.3 is 0 Å². The van der Waals surface area contributed by atoms with Crippen molar-refractivity contribution in [1.29, 1.82) is 0 Å². The Morgan fingerprint density at radius 2 is 2.19 bits per heavy atom. The lowest BCUT2D eigenvalue weighted by Crippen LogP contribution is -2.08. The highest BCUT2D eigenvalue weighted by atomic mass is 32.1. The third kappa shape index (κ3) is 3.16. The molecule has 0 saturated heterocycles. The van der Waals surface area contributed by atoms with Gasteiger partial charge in [-0.2, -0.15) is 0 Å². The number of anilines is 3. The van der Waals surface area contributed by atoms with Crippen LogP contribution < -0.4 is 21.1 Å². The summed E-state index contributed by atoms with van der Waals surface area (Å²) in [7, 11) is 0. The first-order valence-corrected chi connectivity index (χ1v) is 11.3. The average molecular weight is 435 g/mol. The van der Waals surface area contributed by atoms with Gasteiger partial charge in [0.25, 0.3) is 0 Å². The first-order chi connectivity index (χ1) is 15.2. The third-order valence-electron chi connectivity index (χ3n) is 5.91. The van der Waals surface area contributed by atoms with Crippen molar-refractivity contribution in [3.05, 3.63) is 24.3 Å². The molecule has 1 aliphatic carbocycles. The van der Waals surface area contributed by atoms with Crippen molar-refractivity contribution in [2.24, 2.45) is 5.92 Å². The molecule has 158 valence electrons. The molecule has 6 rings (SSSR count). The normalized spacial score (nSPS) is 15.6. The molecule has 0 unspecified atom stereocenters. The van der Waals surface area contributed by atoms with Gasteiger partial charge in [0.1, 0.15) is 22.6 Å². The Balaban J connectivity index is 1.56. The van der Waals surface area contributed by atoms with Crippen molar-refractivity contribution >= 4 is 55.5 Å². The first-order valence-electron chi connectivity index (χ1n) is 10.5. The Labute approximate surface area is 182 Å². The second-order valence-electron chi connectivity index (χ2n) is 8.10. The molecule has 2 aliphatic rings. The minimum absolute atomic E-state index is 0.554. The van der Waals surface area contributed by atoms with Gasteiger partial charge in [-0.05, 0) is 43.4 Å². The molecule has 2 aromatic heterocycles. The van der Waals surface area contributed by atoms with Gasteiger partial charge in [0.05, 0.1) is 28.2 Å². The minimum atomic E-state index is 0.554. The van der Waals surface area contributed by atoms with Crippen LogP contribution in [0.15, 0.2) is 24.3 Å².